The number of pyridine rings is 1. The fraction of sp³-hybridized carbons (Fsp3) is 0.222. The van der Waals surface area contributed by atoms with Gasteiger partial charge in [0.15, 0.2) is 0 Å². The number of nitrogens with zero attached hydrogens (tertiary/aromatic N) is 2. The van der Waals surface area contributed by atoms with Crippen LogP contribution < -0.4 is 5.73 Å². The summed E-state index contributed by atoms with van der Waals surface area (Å²) in [6, 6.07) is 4.03. The highest BCUT2D eigenvalue weighted by Gasteiger charge is 2.11. The Hall–Kier alpha value is -1.91. The molecule has 5 nitrogen and oxygen atoms in total. The maximum Gasteiger partial charge on any atom is 0.267 e. The lowest BCUT2D eigenvalue weighted by Crippen LogP contribution is -2.23. The number of carbonyl (C=O) groups is 2. The van der Waals surface area contributed by atoms with Crippen LogP contribution in [-0.4, -0.2) is 35.8 Å². The zero-order valence-corrected chi connectivity index (χ0v) is 7.94. The Balaban J connectivity index is 3.06. The number of hydrogen-bond donors (Lipinski definition) is 1. The van der Waals surface area contributed by atoms with E-state index in [0.29, 0.717) is 0 Å². The molecule has 0 aliphatic heterocycles. The van der Waals surface area contributed by atoms with Gasteiger partial charge in [0, 0.05) is 26.4 Å². The third kappa shape index (κ3) is 2.07. The van der Waals surface area contributed by atoms with E-state index in [2.05, 4.69) is 11.1 Å². The van der Waals surface area contributed by atoms with Gasteiger partial charge in [-0.3, -0.25) is 14.6 Å². The van der Waals surface area contributed by atoms with Crippen LogP contribution in [0.3, 0.4) is 0 Å². The highest BCUT2D eigenvalue weighted by Crippen LogP contribution is 2.02. The summed E-state index contributed by atoms with van der Waals surface area (Å²) >= 11 is 0. The minimum atomic E-state index is -0.696. The Bertz CT molecular complexity index is 374. The molecule has 0 aliphatic carbocycles. The van der Waals surface area contributed by atoms with Crippen molar-refractivity contribution < 1.29 is 9.59 Å². The van der Waals surface area contributed by atoms with Gasteiger partial charge in [0.2, 0.25) is 0 Å². The third-order valence-corrected chi connectivity index (χ3v) is 1.57. The summed E-state index contributed by atoms with van der Waals surface area (Å²) in [6.07, 6.45) is 1.35. The molecule has 0 atom stereocenters. The van der Waals surface area contributed by atoms with Gasteiger partial charge in [0.1, 0.15) is 5.69 Å². The van der Waals surface area contributed by atoms with Crippen LogP contribution >= 0.6 is 0 Å². The first-order valence-corrected chi connectivity index (χ1v) is 3.92. The minimum Gasteiger partial charge on any atom is -0.364 e. The van der Waals surface area contributed by atoms with Crippen molar-refractivity contribution in [2.45, 2.75) is 0 Å². The fourth-order valence-corrected chi connectivity index (χ4v) is 0.879. The molecule has 0 aromatic carbocycles. The van der Waals surface area contributed by atoms with Crippen molar-refractivity contribution in [3.63, 3.8) is 0 Å². The first kappa shape index (κ1) is 10.2. The number of nitrogens with two attached hydrogens (primary N) is 1. The summed E-state index contributed by atoms with van der Waals surface area (Å²) in [5.74, 6) is -0.937. The zero-order valence-electron chi connectivity index (χ0n) is 7.94. The smallest absolute Gasteiger partial charge is 0.267 e. The van der Waals surface area contributed by atoms with E-state index in [1.807, 2.05) is 0 Å². The first-order chi connectivity index (χ1) is 6.52. The molecule has 0 spiro atoms. The molecule has 0 unspecified atom stereocenters. The summed E-state index contributed by atoms with van der Waals surface area (Å²) in [5.41, 5.74) is 5.25. The number of aromatic nitrogens is 1. The molecule has 1 aromatic rings. The van der Waals surface area contributed by atoms with Crippen molar-refractivity contribution in [2.24, 2.45) is 5.73 Å². The second kappa shape index (κ2) is 3.87. The van der Waals surface area contributed by atoms with E-state index in [4.69, 9.17) is 5.73 Å². The van der Waals surface area contributed by atoms with Gasteiger partial charge in [-0.2, -0.15) is 0 Å². The molecule has 0 aliphatic rings. The molecule has 0 saturated heterocycles. The molecule has 1 rings (SSSR count). The third-order valence-electron chi connectivity index (χ3n) is 1.57. The summed E-state index contributed by atoms with van der Waals surface area (Å²) in [6.45, 7) is 0. The lowest BCUT2D eigenvalue weighted by molar-refractivity contribution is 0.0827. The van der Waals surface area contributed by atoms with E-state index in [9.17, 15) is 9.59 Å². The topological polar surface area (TPSA) is 76.3 Å². The van der Waals surface area contributed by atoms with Gasteiger partial charge in [-0.1, -0.05) is 0 Å². The Kier molecular flexibility index (Phi) is 2.81. The van der Waals surface area contributed by atoms with Crippen LogP contribution in [-0.2, 0) is 0 Å². The second-order valence-electron chi connectivity index (χ2n) is 2.90. The lowest BCUT2D eigenvalue weighted by Gasteiger charge is -2.09. The molecule has 1 radical (unpaired) electrons. The largest absolute Gasteiger partial charge is 0.364 e. The number of hydrogen-bond acceptors (Lipinski definition) is 3. The van der Waals surface area contributed by atoms with Gasteiger partial charge >= 0.3 is 0 Å². The fourth-order valence-electron chi connectivity index (χ4n) is 0.879. The Morgan fingerprint density at radius 1 is 1.50 bits per heavy atom. The van der Waals surface area contributed by atoms with Crippen LogP contribution in [0.15, 0.2) is 12.3 Å². The molecule has 0 fully saturated rings. The molecule has 0 saturated carbocycles. The quantitative estimate of drug-likeness (QED) is 0.697. The molecule has 5 heteroatoms. The molecule has 0 bridgehead atoms. The van der Waals surface area contributed by atoms with Gasteiger partial charge in [-0.05, 0) is 6.07 Å². The van der Waals surface area contributed by atoms with E-state index in [-0.39, 0.29) is 17.2 Å². The molecule has 1 aromatic heterocycles. The van der Waals surface area contributed by atoms with Gasteiger partial charge in [0.25, 0.3) is 11.8 Å². The van der Waals surface area contributed by atoms with Gasteiger partial charge in [0.05, 0.1) is 5.56 Å². The average Bonchev–Trinajstić information content (AvgIpc) is 2.16. The standard InChI is InChI=1S/C9H10N3O2/c1-12(2)9(14)6-3-4-11-7(5-6)8(10)13/h3-4H,1-2H3,(H2,10,13). The average molecular weight is 192 g/mol. The van der Waals surface area contributed by atoms with Crippen molar-refractivity contribution in [3.05, 3.63) is 29.6 Å². The van der Waals surface area contributed by atoms with Crippen molar-refractivity contribution in [3.8, 4) is 0 Å². The van der Waals surface area contributed by atoms with Crippen LogP contribution in [0.5, 0.6) is 0 Å². The van der Waals surface area contributed by atoms with Crippen molar-refractivity contribution in [1.82, 2.24) is 9.88 Å². The second-order valence-corrected chi connectivity index (χ2v) is 2.90. The highest BCUT2D eigenvalue weighted by molar-refractivity contribution is 5.97. The Morgan fingerprint density at radius 3 is 2.64 bits per heavy atom. The summed E-state index contributed by atoms with van der Waals surface area (Å²) in [5, 5.41) is 0. The molecule has 2 N–H and O–H groups in total. The van der Waals surface area contributed by atoms with Crippen LogP contribution in [0.4, 0.5) is 0 Å². The van der Waals surface area contributed by atoms with Gasteiger partial charge < -0.3 is 10.6 Å². The zero-order chi connectivity index (χ0) is 10.7. The van der Waals surface area contributed by atoms with Crippen LogP contribution in [0.2, 0.25) is 0 Å². The normalized spacial score (nSPS) is 9.57. The highest BCUT2D eigenvalue weighted by atomic mass is 16.2. The summed E-state index contributed by atoms with van der Waals surface area (Å²) in [7, 11) is 3.22. The number of amides is 2. The summed E-state index contributed by atoms with van der Waals surface area (Å²) < 4.78 is 0. The molecule has 1 heterocycles. The van der Waals surface area contributed by atoms with Crippen molar-refractivity contribution in [2.75, 3.05) is 14.1 Å². The number of primary amides is 1. The monoisotopic (exact) mass is 192 g/mol. The molecular formula is C9H10N3O2. The minimum absolute atomic E-state index is 0.0299. The van der Waals surface area contributed by atoms with E-state index in [1.165, 1.54) is 17.2 Å². The molecule has 73 valence electrons. The maximum atomic E-state index is 11.4. The van der Waals surface area contributed by atoms with Crippen molar-refractivity contribution >= 4 is 11.8 Å². The van der Waals surface area contributed by atoms with E-state index in [1.54, 1.807) is 14.1 Å². The Morgan fingerprint density at radius 2 is 2.14 bits per heavy atom. The summed E-state index contributed by atoms with van der Waals surface area (Å²) in [4.78, 5) is 27.2. The van der Waals surface area contributed by atoms with E-state index in [0.717, 1.165) is 0 Å². The maximum absolute atomic E-state index is 11.4. The molecule has 14 heavy (non-hydrogen) atoms. The predicted octanol–water partition coefficient (Wildman–Crippen LogP) is -0.318. The first-order valence-electron chi connectivity index (χ1n) is 3.92. The predicted molar refractivity (Wildman–Crippen MR) is 49.6 cm³/mol. The number of rotatable bonds is 2. The SMILES string of the molecule is CN(C)C(=O)c1[c]c(C(N)=O)ncc1. The van der Waals surface area contributed by atoms with Gasteiger partial charge in [-0.15, -0.1) is 0 Å². The number of carbonyl (C=O) groups excluding carboxylic acids is 2. The van der Waals surface area contributed by atoms with Gasteiger partial charge in [-0.25, -0.2) is 0 Å². The Labute approximate surface area is 81.5 Å². The molecular weight excluding hydrogens is 182 g/mol. The molecule has 2 amide bonds. The van der Waals surface area contributed by atoms with Crippen LogP contribution in [0.25, 0.3) is 0 Å². The van der Waals surface area contributed by atoms with E-state index < -0.39 is 5.91 Å². The van der Waals surface area contributed by atoms with E-state index >= 15 is 0 Å². The van der Waals surface area contributed by atoms with Crippen LogP contribution in [0.1, 0.15) is 20.8 Å². The lowest BCUT2D eigenvalue weighted by atomic mass is 10.2. The van der Waals surface area contributed by atoms with Crippen LogP contribution in [0, 0.1) is 6.07 Å². The van der Waals surface area contributed by atoms with Crippen molar-refractivity contribution in [1.29, 1.82) is 0 Å².